The normalized spacial score (nSPS) is 19.0. The topological polar surface area (TPSA) is 105 Å². The predicted molar refractivity (Wildman–Crippen MR) is 80.8 cm³/mol. The Bertz CT molecular complexity index is 887. The summed E-state index contributed by atoms with van der Waals surface area (Å²) in [5, 5.41) is 9.40. The number of hydrogen-bond acceptors (Lipinski definition) is 6. The van der Waals surface area contributed by atoms with Gasteiger partial charge in [-0.1, -0.05) is 11.3 Å². The molecule has 9 heteroatoms. The van der Waals surface area contributed by atoms with Crippen molar-refractivity contribution in [3.63, 3.8) is 0 Å². The maximum absolute atomic E-state index is 11.9. The van der Waals surface area contributed by atoms with Crippen molar-refractivity contribution < 1.29 is 23.1 Å². The maximum atomic E-state index is 11.9. The Balaban J connectivity index is 1.99. The summed E-state index contributed by atoms with van der Waals surface area (Å²) < 4.78 is 23.8. The molecule has 3 rings (SSSR count). The zero-order valence-corrected chi connectivity index (χ0v) is 13.1. The molecule has 1 atom stereocenters. The van der Waals surface area contributed by atoms with Gasteiger partial charge in [0.1, 0.15) is 0 Å². The molecule has 1 fully saturated rings. The number of carbonyl (C=O) groups is 2. The predicted octanol–water partition coefficient (Wildman–Crippen LogP) is 1.14. The summed E-state index contributed by atoms with van der Waals surface area (Å²) in [6.07, 6.45) is 1.08. The minimum Gasteiger partial charge on any atom is -0.481 e. The van der Waals surface area contributed by atoms with E-state index in [0.29, 0.717) is 15.3 Å². The number of carboxylic acids is 1. The van der Waals surface area contributed by atoms with Crippen LogP contribution in [0.1, 0.15) is 6.42 Å². The summed E-state index contributed by atoms with van der Waals surface area (Å²) in [6, 6.07) is 4.56. The molecule has 0 aliphatic carbocycles. The fourth-order valence-corrected chi connectivity index (χ4v) is 4.05. The van der Waals surface area contributed by atoms with E-state index >= 15 is 0 Å². The molecule has 2 heterocycles. The number of carboxylic acid groups (broad SMARTS) is 1. The highest BCUT2D eigenvalue weighted by Crippen LogP contribution is 2.33. The average molecular weight is 340 g/mol. The first kappa shape index (κ1) is 14.9. The Hall–Kier alpha value is -2.00. The SMILES string of the molecule is CS(=O)(=O)c1ccc2nc(N3C[C@@H](C(=O)O)CC3=O)sc2c1. The van der Waals surface area contributed by atoms with E-state index in [9.17, 15) is 18.0 Å². The van der Waals surface area contributed by atoms with Gasteiger partial charge in [-0.15, -0.1) is 0 Å². The van der Waals surface area contributed by atoms with Crippen LogP contribution < -0.4 is 4.90 Å². The molecule has 116 valence electrons. The summed E-state index contributed by atoms with van der Waals surface area (Å²) in [5.74, 6) is -2.02. The van der Waals surface area contributed by atoms with Crippen LogP contribution in [0.15, 0.2) is 23.1 Å². The number of benzene rings is 1. The molecule has 1 aliphatic rings. The van der Waals surface area contributed by atoms with Crippen molar-refractivity contribution in [3.8, 4) is 0 Å². The number of nitrogens with zero attached hydrogens (tertiary/aromatic N) is 2. The third kappa shape index (κ3) is 2.57. The van der Waals surface area contributed by atoms with Gasteiger partial charge in [0.2, 0.25) is 5.91 Å². The standard InChI is InChI=1S/C13H12N2O5S2/c1-22(19,20)8-2-3-9-10(5-8)21-13(14-9)15-6-7(12(17)18)4-11(15)16/h2-3,5,7H,4,6H2,1H3,(H,17,18)/t7-/m0/s1. The highest BCUT2D eigenvalue weighted by molar-refractivity contribution is 7.90. The molecule has 7 nitrogen and oxygen atoms in total. The number of rotatable bonds is 3. The lowest BCUT2D eigenvalue weighted by Crippen LogP contribution is -2.25. The zero-order valence-electron chi connectivity index (χ0n) is 11.5. The van der Waals surface area contributed by atoms with Crippen LogP contribution in [0, 0.1) is 5.92 Å². The van der Waals surface area contributed by atoms with Crippen LogP contribution in [0.3, 0.4) is 0 Å². The smallest absolute Gasteiger partial charge is 0.308 e. The minimum atomic E-state index is -3.31. The number of sulfone groups is 1. The van der Waals surface area contributed by atoms with E-state index in [4.69, 9.17) is 5.11 Å². The number of carbonyl (C=O) groups excluding carboxylic acids is 1. The Morgan fingerprint density at radius 2 is 2.18 bits per heavy atom. The molecule has 1 aromatic carbocycles. The molecule has 22 heavy (non-hydrogen) atoms. The van der Waals surface area contributed by atoms with E-state index in [0.717, 1.165) is 6.26 Å². The first-order valence-electron chi connectivity index (χ1n) is 6.39. The van der Waals surface area contributed by atoms with Gasteiger partial charge in [0.25, 0.3) is 0 Å². The molecule has 2 aromatic rings. The second-order valence-corrected chi connectivity index (χ2v) is 8.17. The molecule has 0 saturated carbocycles. The number of aliphatic carboxylic acids is 1. The second-order valence-electron chi connectivity index (χ2n) is 5.14. The molecular weight excluding hydrogens is 328 g/mol. The lowest BCUT2D eigenvalue weighted by molar-refractivity contribution is -0.141. The van der Waals surface area contributed by atoms with Crippen molar-refractivity contribution in [2.24, 2.45) is 5.92 Å². The number of aromatic nitrogens is 1. The van der Waals surface area contributed by atoms with Gasteiger partial charge in [0, 0.05) is 19.2 Å². The number of thiazole rings is 1. The molecule has 1 N–H and O–H groups in total. The lowest BCUT2D eigenvalue weighted by atomic mass is 10.1. The quantitative estimate of drug-likeness (QED) is 0.898. The van der Waals surface area contributed by atoms with Crippen molar-refractivity contribution in [2.75, 3.05) is 17.7 Å². The highest BCUT2D eigenvalue weighted by Gasteiger charge is 2.36. The van der Waals surface area contributed by atoms with Crippen LogP contribution in [0.25, 0.3) is 10.2 Å². The van der Waals surface area contributed by atoms with E-state index < -0.39 is 21.7 Å². The van der Waals surface area contributed by atoms with Crippen molar-refractivity contribution in [1.29, 1.82) is 0 Å². The fraction of sp³-hybridized carbons (Fsp3) is 0.308. The largest absolute Gasteiger partial charge is 0.481 e. The fourth-order valence-electron chi connectivity index (χ4n) is 2.30. The van der Waals surface area contributed by atoms with Crippen molar-refractivity contribution in [3.05, 3.63) is 18.2 Å². The lowest BCUT2D eigenvalue weighted by Gasteiger charge is -2.10. The van der Waals surface area contributed by atoms with Gasteiger partial charge < -0.3 is 5.11 Å². The minimum absolute atomic E-state index is 0.0418. The summed E-state index contributed by atoms with van der Waals surface area (Å²) in [6.45, 7) is 0.0902. The second kappa shape index (κ2) is 5.03. The van der Waals surface area contributed by atoms with E-state index in [1.54, 1.807) is 6.07 Å². The van der Waals surface area contributed by atoms with Crippen LogP contribution >= 0.6 is 11.3 Å². The summed E-state index contributed by atoms with van der Waals surface area (Å²) >= 11 is 1.18. The Kier molecular flexibility index (Phi) is 3.41. The molecule has 1 aromatic heterocycles. The average Bonchev–Trinajstić information content (AvgIpc) is 2.99. The van der Waals surface area contributed by atoms with E-state index in [-0.39, 0.29) is 23.8 Å². The Morgan fingerprint density at radius 3 is 2.77 bits per heavy atom. The van der Waals surface area contributed by atoms with Crippen LogP contribution in [0.2, 0.25) is 0 Å². The Labute approximate surface area is 130 Å². The molecule has 0 spiro atoms. The van der Waals surface area contributed by atoms with Gasteiger partial charge in [-0.2, -0.15) is 0 Å². The van der Waals surface area contributed by atoms with Crippen LogP contribution in [0.5, 0.6) is 0 Å². The van der Waals surface area contributed by atoms with Gasteiger partial charge in [-0.25, -0.2) is 13.4 Å². The molecule has 1 saturated heterocycles. The molecule has 1 aliphatic heterocycles. The summed E-state index contributed by atoms with van der Waals surface area (Å²) in [4.78, 5) is 28.7. The molecular formula is C13H12N2O5S2. The van der Waals surface area contributed by atoms with Crippen LogP contribution in [-0.2, 0) is 19.4 Å². The van der Waals surface area contributed by atoms with Gasteiger partial charge in [-0.3, -0.25) is 14.5 Å². The first-order valence-corrected chi connectivity index (χ1v) is 9.10. The monoisotopic (exact) mass is 340 g/mol. The molecule has 0 unspecified atom stereocenters. The summed E-state index contributed by atoms with van der Waals surface area (Å²) in [5.41, 5.74) is 0.582. The van der Waals surface area contributed by atoms with Gasteiger partial charge in [-0.05, 0) is 18.2 Å². The maximum Gasteiger partial charge on any atom is 0.308 e. The number of fused-ring (bicyclic) bond motifs is 1. The van der Waals surface area contributed by atoms with Gasteiger partial charge in [0.15, 0.2) is 15.0 Å². The first-order chi connectivity index (χ1) is 10.3. The van der Waals surface area contributed by atoms with E-state index in [1.165, 1.54) is 28.4 Å². The molecule has 0 radical (unpaired) electrons. The van der Waals surface area contributed by atoms with Gasteiger partial charge >= 0.3 is 5.97 Å². The van der Waals surface area contributed by atoms with Crippen molar-refractivity contribution in [1.82, 2.24) is 4.98 Å². The third-order valence-electron chi connectivity index (χ3n) is 3.48. The number of anilines is 1. The third-order valence-corrected chi connectivity index (χ3v) is 5.63. The number of hydrogen-bond donors (Lipinski definition) is 1. The number of amides is 1. The highest BCUT2D eigenvalue weighted by atomic mass is 32.2. The Morgan fingerprint density at radius 1 is 1.45 bits per heavy atom. The van der Waals surface area contributed by atoms with Crippen molar-refractivity contribution >= 4 is 48.4 Å². The van der Waals surface area contributed by atoms with Crippen LogP contribution in [0.4, 0.5) is 5.13 Å². The molecule has 1 amide bonds. The van der Waals surface area contributed by atoms with E-state index in [2.05, 4.69) is 4.98 Å². The van der Waals surface area contributed by atoms with Gasteiger partial charge in [0.05, 0.1) is 21.0 Å². The molecule has 0 bridgehead atoms. The van der Waals surface area contributed by atoms with E-state index in [1.807, 2.05) is 0 Å². The van der Waals surface area contributed by atoms with Crippen LogP contribution in [-0.4, -0.2) is 43.2 Å². The van der Waals surface area contributed by atoms with Crippen molar-refractivity contribution in [2.45, 2.75) is 11.3 Å². The summed E-state index contributed by atoms with van der Waals surface area (Å²) in [7, 11) is -3.31. The zero-order chi connectivity index (χ0) is 16.1.